The molecule has 1 aromatic heterocycles. The van der Waals surface area contributed by atoms with E-state index in [-0.39, 0.29) is 17.8 Å². The van der Waals surface area contributed by atoms with Crippen molar-refractivity contribution in [1.29, 1.82) is 0 Å². The molecule has 3 aromatic rings. The zero-order valence-electron chi connectivity index (χ0n) is 15.1. The number of oxazole rings is 1. The van der Waals surface area contributed by atoms with Crippen LogP contribution in [-0.2, 0) is 0 Å². The maximum atomic E-state index is 12.5. The van der Waals surface area contributed by atoms with Crippen molar-refractivity contribution in [2.24, 2.45) is 0 Å². The Labute approximate surface area is 167 Å². The molecular weight excluding hydrogens is 376 g/mol. The first kappa shape index (κ1) is 18.5. The van der Waals surface area contributed by atoms with Gasteiger partial charge in [-0.05, 0) is 49.6 Å². The third-order valence-corrected chi connectivity index (χ3v) is 5.05. The summed E-state index contributed by atoms with van der Waals surface area (Å²) in [5.74, 6) is 5.60. The minimum atomic E-state index is -1.15. The fourth-order valence-electron chi connectivity index (χ4n) is 3.46. The molecule has 142 valence electrons. The van der Waals surface area contributed by atoms with Crippen molar-refractivity contribution in [3.8, 4) is 11.8 Å². The van der Waals surface area contributed by atoms with Crippen molar-refractivity contribution in [3.63, 3.8) is 0 Å². The van der Waals surface area contributed by atoms with Crippen LogP contribution < -0.4 is 5.32 Å². The van der Waals surface area contributed by atoms with Crippen molar-refractivity contribution < 1.29 is 14.3 Å². The van der Waals surface area contributed by atoms with Crippen LogP contribution in [0.4, 0.5) is 0 Å². The van der Waals surface area contributed by atoms with Crippen LogP contribution in [0.3, 0.4) is 0 Å². The quantitative estimate of drug-likeness (QED) is 0.645. The Balaban J connectivity index is 1.45. The number of hydrogen-bond acceptors (Lipinski definition) is 4. The van der Waals surface area contributed by atoms with E-state index < -0.39 is 5.60 Å². The molecule has 0 spiro atoms. The van der Waals surface area contributed by atoms with Crippen molar-refractivity contribution in [2.45, 2.75) is 37.3 Å². The first-order valence-electron chi connectivity index (χ1n) is 9.18. The van der Waals surface area contributed by atoms with Gasteiger partial charge in [-0.25, -0.2) is 4.98 Å². The zero-order valence-corrected chi connectivity index (χ0v) is 15.9. The number of nitrogens with one attached hydrogen (secondary N) is 1. The van der Waals surface area contributed by atoms with Crippen LogP contribution in [0.2, 0.25) is 5.02 Å². The molecule has 2 N–H and O–H groups in total. The summed E-state index contributed by atoms with van der Waals surface area (Å²) in [7, 11) is 0. The molecule has 2 atom stereocenters. The Morgan fingerprint density at radius 2 is 2.14 bits per heavy atom. The molecule has 2 aromatic carbocycles. The van der Waals surface area contributed by atoms with Crippen LogP contribution in [0, 0.1) is 11.8 Å². The number of fused-ring (bicyclic) bond motifs is 1. The van der Waals surface area contributed by atoms with Gasteiger partial charge < -0.3 is 14.8 Å². The number of aromatic nitrogens is 1. The average Bonchev–Trinajstić information content (AvgIpc) is 3.11. The number of nitrogens with zero attached hydrogens (tertiary/aromatic N) is 1. The minimum absolute atomic E-state index is 0.0281. The fraction of sp³-hybridized carbons (Fsp3) is 0.273. The van der Waals surface area contributed by atoms with Crippen LogP contribution in [0.15, 0.2) is 52.9 Å². The largest absolute Gasteiger partial charge is 0.432 e. The second-order valence-electron chi connectivity index (χ2n) is 7.05. The Morgan fingerprint density at radius 3 is 2.96 bits per heavy atom. The fourth-order valence-corrected chi connectivity index (χ4v) is 3.65. The van der Waals surface area contributed by atoms with Gasteiger partial charge >= 0.3 is 5.91 Å². The van der Waals surface area contributed by atoms with Gasteiger partial charge in [-0.2, -0.15) is 0 Å². The van der Waals surface area contributed by atoms with Crippen LogP contribution in [0.25, 0.3) is 11.1 Å². The lowest BCUT2D eigenvalue weighted by atomic mass is 9.82. The maximum Gasteiger partial charge on any atom is 0.307 e. The topological polar surface area (TPSA) is 75.4 Å². The summed E-state index contributed by atoms with van der Waals surface area (Å²) in [6.45, 7) is 0. The van der Waals surface area contributed by atoms with Crippen LogP contribution >= 0.6 is 11.6 Å². The predicted octanol–water partition coefficient (Wildman–Crippen LogP) is 3.94. The van der Waals surface area contributed by atoms with E-state index >= 15 is 0 Å². The molecule has 1 aliphatic carbocycles. The standard InChI is InChI=1S/C22H19ClN2O3/c23-16-6-3-5-15(13-16)10-12-22(27)11-4-7-17(14-22)24-20(26)21-25-18-8-1-2-9-19(18)28-21/h1-3,5-6,8-9,13,17,27H,4,7,11,14H2,(H,24,26)/t17-,22?/m1/s1. The van der Waals surface area contributed by atoms with E-state index in [1.54, 1.807) is 24.3 Å². The monoisotopic (exact) mass is 394 g/mol. The van der Waals surface area contributed by atoms with Crippen LogP contribution in [0.5, 0.6) is 0 Å². The molecule has 0 saturated heterocycles. The van der Waals surface area contributed by atoms with E-state index in [1.807, 2.05) is 24.3 Å². The normalized spacial score (nSPS) is 21.7. The molecule has 5 nitrogen and oxygen atoms in total. The number of rotatable bonds is 2. The molecule has 1 heterocycles. The molecule has 28 heavy (non-hydrogen) atoms. The Kier molecular flexibility index (Phi) is 5.08. The number of aliphatic hydroxyl groups is 1. The van der Waals surface area contributed by atoms with E-state index in [0.29, 0.717) is 29.0 Å². The summed E-state index contributed by atoms with van der Waals surface area (Å²) in [6, 6.07) is 14.2. The van der Waals surface area contributed by atoms with E-state index in [0.717, 1.165) is 18.4 Å². The maximum absolute atomic E-state index is 12.5. The highest BCUT2D eigenvalue weighted by Crippen LogP contribution is 2.28. The predicted molar refractivity (Wildman–Crippen MR) is 107 cm³/mol. The first-order chi connectivity index (χ1) is 13.5. The number of halogens is 1. The molecule has 1 fully saturated rings. The van der Waals surface area contributed by atoms with Gasteiger partial charge in [0.05, 0.1) is 0 Å². The molecular formula is C22H19ClN2O3. The van der Waals surface area contributed by atoms with Gasteiger partial charge in [-0.3, -0.25) is 4.79 Å². The molecule has 1 aliphatic rings. The van der Waals surface area contributed by atoms with Crippen LogP contribution in [0.1, 0.15) is 41.9 Å². The van der Waals surface area contributed by atoms with Crippen LogP contribution in [-0.4, -0.2) is 27.6 Å². The van der Waals surface area contributed by atoms with E-state index in [1.165, 1.54) is 0 Å². The molecule has 6 heteroatoms. The van der Waals surface area contributed by atoms with Gasteiger partial charge in [0.1, 0.15) is 11.1 Å². The highest BCUT2D eigenvalue weighted by molar-refractivity contribution is 6.30. The summed E-state index contributed by atoms with van der Waals surface area (Å²) in [4.78, 5) is 16.7. The number of para-hydroxylation sites is 2. The molecule has 1 saturated carbocycles. The van der Waals surface area contributed by atoms with Crippen molar-refractivity contribution in [2.75, 3.05) is 0 Å². The highest BCUT2D eigenvalue weighted by atomic mass is 35.5. The summed E-state index contributed by atoms with van der Waals surface area (Å²) in [5.41, 5.74) is 0.804. The first-order valence-corrected chi connectivity index (χ1v) is 9.56. The molecule has 1 unspecified atom stereocenters. The van der Waals surface area contributed by atoms with Gasteiger partial charge in [0.25, 0.3) is 5.89 Å². The number of amides is 1. The molecule has 0 radical (unpaired) electrons. The lowest BCUT2D eigenvalue weighted by molar-refractivity contribution is 0.0447. The lowest BCUT2D eigenvalue weighted by Gasteiger charge is -2.33. The number of hydrogen-bond donors (Lipinski definition) is 2. The summed E-state index contributed by atoms with van der Waals surface area (Å²) in [6.07, 6.45) is 2.45. The summed E-state index contributed by atoms with van der Waals surface area (Å²) < 4.78 is 5.51. The van der Waals surface area contributed by atoms with Crippen molar-refractivity contribution in [3.05, 3.63) is 65.0 Å². The van der Waals surface area contributed by atoms with Gasteiger partial charge in [0.2, 0.25) is 0 Å². The number of carbonyl (C=O) groups is 1. The highest BCUT2D eigenvalue weighted by Gasteiger charge is 2.34. The van der Waals surface area contributed by atoms with Gasteiger partial charge in [-0.15, -0.1) is 0 Å². The Hall–Kier alpha value is -2.81. The Morgan fingerprint density at radius 1 is 1.29 bits per heavy atom. The number of carbonyl (C=O) groups excluding carboxylic acids is 1. The zero-order chi connectivity index (χ0) is 19.6. The molecule has 4 rings (SSSR count). The van der Waals surface area contributed by atoms with Gasteiger partial charge in [0, 0.05) is 23.0 Å². The third kappa shape index (κ3) is 4.19. The van der Waals surface area contributed by atoms with Crippen molar-refractivity contribution in [1.82, 2.24) is 10.3 Å². The second kappa shape index (κ2) is 7.67. The molecule has 0 bridgehead atoms. The smallest absolute Gasteiger partial charge is 0.307 e. The summed E-state index contributed by atoms with van der Waals surface area (Å²) in [5, 5.41) is 14.4. The SMILES string of the molecule is O=C(N[C@@H]1CCCC(O)(C#Cc2cccc(Cl)c2)C1)c1nc2ccccc2o1. The molecule has 0 aliphatic heterocycles. The molecule has 1 amide bonds. The van der Waals surface area contributed by atoms with Gasteiger partial charge in [0.15, 0.2) is 5.58 Å². The third-order valence-electron chi connectivity index (χ3n) is 4.81. The van der Waals surface area contributed by atoms with E-state index in [2.05, 4.69) is 22.1 Å². The Bertz CT molecular complexity index is 1050. The lowest BCUT2D eigenvalue weighted by Crippen LogP contribution is -2.45. The average molecular weight is 395 g/mol. The van der Waals surface area contributed by atoms with E-state index in [9.17, 15) is 9.90 Å². The summed E-state index contributed by atoms with van der Waals surface area (Å²) >= 11 is 5.98. The minimum Gasteiger partial charge on any atom is -0.432 e. The second-order valence-corrected chi connectivity index (χ2v) is 7.48. The van der Waals surface area contributed by atoms with Gasteiger partial charge in [-0.1, -0.05) is 41.6 Å². The van der Waals surface area contributed by atoms with Crippen molar-refractivity contribution >= 4 is 28.6 Å². The van der Waals surface area contributed by atoms with E-state index in [4.69, 9.17) is 16.0 Å². The number of benzene rings is 2.